The van der Waals surface area contributed by atoms with Crippen molar-refractivity contribution >= 4 is 0 Å². The lowest BCUT2D eigenvalue weighted by atomic mass is 10.2. The van der Waals surface area contributed by atoms with Crippen LogP contribution in [-0.4, -0.2) is 25.8 Å². The minimum absolute atomic E-state index is 0.670. The van der Waals surface area contributed by atoms with Gasteiger partial charge in [-0.1, -0.05) is 25.0 Å². The van der Waals surface area contributed by atoms with Gasteiger partial charge in [-0.25, -0.2) is 0 Å². The Kier molecular flexibility index (Phi) is 6.02. The fourth-order valence-corrected chi connectivity index (χ4v) is 2.53. The highest BCUT2D eigenvalue weighted by Crippen LogP contribution is 2.26. The van der Waals surface area contributed by atoms with Crippen LogP contribution in [0.3, 0.4) is 0 Å². The van der Waals surface area contributed by atoms with Crippen molar-refractivity contribution in [1.82, 2.24) is 5.32 Å². The van der Waals surface area contributed by atoms with Crippen molar-refractivity contribution in [3.63, 3.8) is 0 Å². The van der Waals surface area contributed by atoms with Crippen LogP contribution in [-0.2, 0) is 0 Å². The van der Waals surface area contributed by atoms with Gasteiger partial charge >= 0.3 is 0 Å². The molecule has 0 saturated heterocycles. The van der Waals surface area contributed by atoms with Crippen LogP contribution in [0.4, 0.5) is 0 Å². The van der Waals surface area contributed by atoms with Crippen molar-refractivity contribution in [2.75, 3.05) is 19.8 Å². The first-order valence-electron chi connectivity index (χ1n) is 7.48. The third-order valence-corrected chi connectivity index (χ3v) is 3.52. The molecule has 0 spiro atoms. The molecule has 1 aliphatic carbocycles. The molecule has 0 aromatic heterocycles. The molecule has 0 radical (unpaired) electrons. The number of nitrogens with one attached hydrogen (secondary N) is 1. The first-order valence-corrected chi connectivity index (χ1v) is 7.48. The molecule has 0 amide bonds. The summed E-state index contributed by atoms with van der Waals surface area (Å²) in [6.07, 6.45) is 6.49. The van der Waals surface area contributed by atoms with Crippen LogP contribution in [0.5, 0.6) is 11.5 Å². The molecule has 0 bridgehead atoms. The van der Waals surface area contributed by atoms with Crippen LogP contribution >= 0.6 is 0 Å². The molecule has 106 valence electrons. The minimum atomic E-state index is 0.670. The second kappa shape index (κ2) is 8.05. The molecule has 0 atom stereocenters. The summed E-state index contributed by atoms with van der Waals surface area (Å²) in [5.41, 5.74) is 0. The van der Waals surface area contributed by atoms with Crippen LogP contribution < -0.4 is 14.8 Å². The van der Waals surface area contributed by atoms with Gasteiger partial charge in [-0.05, 0) is 44.9 Å². The smallest absolute Gasteiger partial charge is 0.161 e. The summed E-state index contributed by atoms with van der Waals surface area (Å²) < 4.78 is 11.3. The highest BCUT2D eigenvalue weighted by atomic mass is 16.5. The quantitative estimate of drug-likeness (QED) is 0.729. The zero-order valence-electron chi connectivity index (χ0n) is 11.9. The van der Waals surface area contributed by atoms with Gasteiger partial charge < -0.3 is 14.8 Å². The normalized spacial score (nSPS) is 15.6. The Morgan fingerprint density at radius 2 is 1.79 bits per heavy atom. The standard InChI is InChI=1S/C16H25NO2/c1-2-18-15-10-5-6-11-16(15)19-13-7-12-17-14-8-3-4-9-14/h5-6,10-11,14,17H,2-4,7-9,12-13H2,1H3. The Hall–Kier alpha value is -1.22. The topological polar surface area (TPSA) is 30.5 Å². The molecule has 1 aromatic rings. The molecule has 1 aromatic carbocycles. The highest BCUT2D eigenvalue weighted by molar-refractivity contribution is 5.39. The fraction of sp³-hybridized carbons (Fsp3) is 0.625. The molecule has 0 aliphatic heterocycles. The maximum Gasteiger partial charge on any atom is 0.161 e. The molecule has 2 rings (SSSR count). The lowest BCUT2D eigenvalue weighted by Crippen LogP contribution is -2.27. The lowest BCUT2D eigenvalue weighted by Gasteiger charge is -2.13. The monoisotopic (exact) mass is 263 g/mol. The van der Waals surface area contributed by atoms with Gasteiger partial charge in [-0.2, -0.15) is 0 Å². The van der Waals surface area contributed by atoms with Crippen molar-refractivity contribution in [3.05, 3.63) is 24.3 Å². The Balaban J connectivity index is 1.64. The van der Waals surface area contributed by atoms with Crippen molar-refractivity contribution in [2.45, 2.75) is 45.1 Å². The summed E-state index contributed by atoms with van der Waals surface area (Å²) >= 11 is 0. The summed E-state index contributed by atoms with van der Waals surface area (Å²) in [4.78, 5) is 0. The SMILES string of the molecule is CCOc1ccccc1OCCCNC1CCCC1. The van der Waals surface area contributed by atoms with E-state index in [2.05, 4.69) is 5.32 Å². The zero-order chi connectivity index (χ0) is 13.3. The van der Waals surface area contributed by atoms with Crippen LogP contribution in [0.15, 0.2) is 24.3 Å². The molecule has 0 unspecified atom stereocenters. The number of ether oxygens (including phenoxy) is 2. The fourth-order valence-electron chi connectivity index (χ4n) is 2.53. The van der Waals surface area contributed by atoms with Gasteiger partial charge in [0.05, 0.1) is 13.2 Å². The van der Waals surface area contributed by atoms with Crippen LogP contribution in [0.2, 0.25) is 0 Å². The summed E-state index contributed by atoms with van der Waals surface area (Å²) in [7, 11) is 0. The molecule has 1 aliphatic rings. The van der Waals surface area contributed by atoms with Gasteiger partial charge in [0, 0.05) is 6.04 Å². The van der Waals surface area contributed by atoms with E-state index >= 15 is 0 Å². The van der Waals surface area contributed by atoms with Crippen molar-refractivity contribution in [1.29, 1.82) is 0 Å². The number of hydrogen-bond donors (Lipinski definition) is 1. The lowest BCUT2D eigenvalue weighted by molar-refractivity contribution is 0.271. The van der Waals surface area contributed by atoms with E-state index in [1.54, 1.807) is 0 Å². The van der Waals surface area contributed by atoms with Crippen LogP contribution in [0, 0.1) is 0 Å². The third kappa shape index (κ3) is 4.75. The molecule has 1 fully saturated rings. The molecular formula is C16H25NO2. The molecular weight excluding hydrogens is 238 g/mol. The maximum atomic E-state index is 5.79. The van der Waals surface area contributed by atoms with E-state index in [4.69, 9.17) is 9.47 Å². The predicted octanol–water partition coefficient (Wildman–Crippen LogP) is 3.39. The molecule has 3 nitrogen and oxygen atoms in total. The van der Waals surface area contributed by atoms with Gasteiger partial charge in [0.2, 0.25) is 0 Å². The number of benzene rings is 1. The Bertz CT molecular complexity index is 362. The van der Waals surface area contributed by atoms with Gasteiger partial charge in [0.25, 0.3) is 0 Å². The minimum Gasteiger partial charge on any atom is -0.490 e. The maximum absolute atomic E-state index is 5.79. The second-order valence-corrected chi connectivity index (χ2v) is 5.02. The summed E-state index contributed by atoms with van der Waals surface area (Å²) in [5, 5.41) is 3.60. The van der Waals surface area contributed by atoms with Gasteiger partial charge in [-0.3, -0.25) is 0 Å². The van der Waals surface area contributed by atoms with E-state index in [1.165, 1.54) is 25.7 Å². The van der Waals surface area contributed by atoms with Crippen molar-refractivity contribution in [2.24, 2.45) is 0 Å². The molecule has 1 saturated carbocycles. The summed E-state index contributed by atoms with van der Waals surface area (Å²) in [6, 6.07) is 8.62. The number of para-hydroxylation sites is 2. The van der Waals surface area contributed by atoms with Gasteiger partial charge in [0.1, 0.15) is 0 Å². The Morgan fingerprint density at radius 1 is 1.11 bits per heavy atom. The zero-order valence-corrected chi connectivity index (χ0v) is 11.9. The summed E-state index contributed by atoms with van der Waals surface area (Å²) in [5.74, 6) is 1.69. The van der Waals surface area contributed by atoms with E-state index in [1.807, 2.05) is 31.2 Å². The predicted molar refractivity (Wildman–Crippen MR) is 78.0 cm³/mol. The van der Waals surface area contributed by atoms with Crippen LogP contribution in [0.25, 0.3) is 0 Å². The first-order chi connectivity index (χ1) is 9.40. The van der Waals surface area contributed by atoms with Gasteiger partial charge in [0.15, 0.2) is 11.5 Å². The average molecular weight is 263 g/mol. The highest BCUT2D eigenvalue weighted by Gasteiger charge is 2.13. The number of rotatable bonds is 8. The van der Waals surface area contributed by atoms with E-state index in [0.717, 1.165) is 37.1 Å². The first kappa shape index (κ1) is 14.2. The van der Waals surface area contributed by atoms with E-state index in [9.17, 15) is 0 Å². The van der Waals surface area contributed by atoms with Crippen LogP contribution in [0.1, 0.15) is 39.0 Å². The Morgan fingerprint density at radius 3 is 2.47 bits per heavy atom. The largest absolute Gasteiger partial charge is 0.490 e. The molecule has 3 heteroatoms. The third-order valence-electron chi connectivity index (χ3n) is 3.52. The van der Waals surface area contributed by atoms with Crippen molar-refractivity contribution < 1.29 is 9.47 Å². The van der Waals surface area contributed by atoms with E-state index in [-0.39, 0.29) is 0 Å². The second-order valence-electron chi connectivity index (χ2n) is 5.02. The molecule has 1 N–H and O–H groups in total. The average Bonchev–Trinajstić information content (AvgIpc) is 2.94. The number of hydrogen-bond acceptors (Lipinski definition) is 3. The van der Waals surface area contributed by atoms with E-state index in [0.29, 0.717) is 6.61 Å². The van der Waals surface area contributed by atoms with Gasteiger partial charge in [-0.15, -0.1) is 0 Å². The molecule has 0 heterocycles. The van der Waals surface area contributed by atoms with E-state index < -0.39 is 0 Å². The molecule has 19 heavy (non-hydrogen) atoms. The Labute approximate surface area is 116 Å². The summed E-state index contributed by atoms with van der Waals surface area (Å²) in [6.45, 7) is 4.44. The van der Waals surface area contributed by atoms with Crippen molar-refractivity contribution in [3.8, 4) is 11.5 Å².